The number of nitrogens with zero attached hydrogens (tertiary/aromatic N) is 5. The molecular weight excluding hydrogens is 754 g/mol. The van der Waals surface area contributed by atoms with Crippen LogP contribution in [0.15, 0.2) is 37.2 Å². The van der Waals surface area contributed by atoms with E-state index < -0.39 is 47.1 Å². The molecule has 1 N–H and O–H groups in total. The van der Waals surface area contributed by atoms with Crippen molar-refractivity contribution in [2.45, 2.75) is 79.7 Å². The molecule has 0 aromatic carbocycles. The smallest absolute Gasteiger partial charge is 0.485 e. The number of rotatable bonds is 5. The Bertz CT molecular complexity index is 1780. The molecule has 0 spiro atoms. The molecule has 0 saturated carbocycles. The summed E-state index contributed by atoms with van der Waals surface area (Å²) in [6.07, 6.45) is 8.67. The Morgan fingerprint density at radius 1 is 0.750 bits per heavy atom. The standard InChI is InChI=1S/C7H12FN2O2S.C6H9FN2O2S.C6H10N2.CHF3O3S.2CH4.F2O2S/c1-6(2)7-9(3)4-5-10(7)13(8,11)12;1-5(2)6-8-3-4-9(6)12(7,10)11;1-5(2)6-7-3-4-8-6;2-1(3,4)8(5,6)7;;;1-5(2,3)4/h4-6H,1-3H3;3-5H,1-2H3;3-5H,1-2H3,(H,7,8);(H,5,6,7);2*1H4;/q+1;;;;;;/p-1. The van der Waals surface area contributed by atoms with Crippen molar-refractivity contribution in [1.29, 1.82) is 0 Å². The molecule has 0 bridgehead atoms. The second-order valence-corrected chi connectivity index (χ2v) is 13.8. The second kappa shape index (κ2) is 20.4. The average molecular weight is 793 g/mol. The Morgan fingerprint density at radius 2 is 1.17 bits per heavy atom. The zero-order valence-electron chi connectivity index (χ0n) is 24.9. The van der Waals surface area contributed by atoms with Gasteiger partial charge in [0.25, 0.3) is 5.82 Å². The highest BCUT2D eigenvalue weighted by Crippen LogP contribution is 2.20. The van der Waals surface area contributed by atoms with Gasteiger partial charge in [0.05, 0.1) is 13.0 Å². The Labute approximate surface area is 276 Å². The topological polar surface area (TPSA) is 215 Å². The first-order valence-corrected chi connectivity index (χ1v) is 17.4. The number of hydrogen-bond acceptors (Lipinski definition) is 11. The predicted octanol–water partition coefficient (Wildman–Crippen LogP) is 4.59. The zero-order valence-corrected chi connectivity index (χ0v) is 28.2. The zero-order chi connectivity index (χ0) is 37.1. The summed E-state index contributed by atoms with van der Waals surface area (Å²) in [5.74, 6) is 2.03. The largest absolute Gasteiger partial charge is 0.741 e. The van der Waals surface area contributed by atoms with Crippen LogP contribution in [0.4, 0.5) is 28.7 Å². The van der Waals surface area contributed by atoms with E-state index in [1.807, 2.05) is 6.20 Å². The minimum Gasteiger partial charge on any atom is -0.741 e. The normalized spacial score (nSPS) is 11.7. The minimum atomic E-state index is -6.09. The van der Waals surface area contributed by atoms with Crippen molar-refractivity contribution in [2.24, 2.45) is 7.05 Å². The maximum Gasteiger partial charge on any atom is 0.485 e. The van der Waals surface area contributed by atoms with Crippen LogP contribution in [-0.4, -0.2) is 66.6 Å². The van der Waals surface area contributed by atoms with E-state index >= 15 is 0 Å². The molecule has 0 unspecified atom stereocenters. The lowest BCUT2D eigenvalue weighted by Crippen LogP contribution is -2.33. The van der Waals surface area contributed by atoms with Crippen molar-refractivity contribution in [1.82, 2.24) is 22.9 Å². The Balaban J connectivity index is -0.000000258. The first-order chi connectivity index (χ1) is 20.3. The highest BCUT2D eigenvalue weighted by Gasteiger charge is 2.37. The fraction of sp³-hybridized carbons (Fsp3) is 0.591. The van der Waals surface area contributed by atoms with Crippen LogP contribution in [0.2, 0.25) is 0 Å². The number of nitrogens with one attached hydrogen (secondary N) is 1. The number of aryl methyl sites for hydroxylation is 1. The Hall–Kier alpha value is -3.10. The van der Waals surface area contributed by atoms with Gasteiger partial charge in [-0.1, -0.05) is 75.9 Å². The van der Waals surface area contributed by atoms with Crippen LogP contribution in [0.3, 0.4) is 0 Å². The highest BCUT2D eigenvalue weighted by atomic mass is 32.3. The van der Waals surface area contributed by atoms with E-state index in [0.29, 0.717) is 19.7 Å². The monoisotopic (exact) mass is 792 g/mol. The van der Waals surface area contributed by atoms with Crippen molar-refractivity contribution in [2.75, 3.05) is 0 Å². The molecule has 0 saturated heterocycles. The summed E-state index contributed by atoms with van der Waals surface area (Å²) < 4.78 is 166. The van der Waals surface area contributed by atoms with Crippen molar-refractivity contribution in [3.05, 3.63) is 54.7 Å². The molecule has 48 heavy (non-hydrogen) atoms. The van der Waals surface area contributed by atoms with E-state index in [1.165, 1.54) is 18.6 Å². The number of H-pyrrole nitrogens is 1. The van der Waals surface area contributed by atoms with Crippen molar-refractivity contribution < 1.29 is 71.5 Å². The van der Waals surface area contributed by atoms with Gasteiger partial charge < -0.3 is 9.54 Å². The van der Waals surface area contributed by atoms with Crippen molar-refractivity contribution >= 4 is 41.5 Å². The quantitative estimate of drug-likeness (QED) is 0.124. The summed E-state index contributed by atoms with van der Waals surface area (Å²) >= 11 is 0. The van der Waals surface area contributed by atoms with Gasteiger partial charge in [0.2, 0.25) is 0 Å². The van der Waals surface area contributed by atoms with Gasteiger partial charge in [0, 0.05) is 36.6 Å². The Morgan fingerprint density at radius 3 is 1.38 bits per heavy atom. The molecule has 3 aromatic heterocycles. The van der Waals surface area contributed by atoms with E-state index in [4.69, 9.17) is 21.4 Å². The molecule has 284 valence electrons. The van der Waals surface area contributed by atoms with Gasteiger partial charge >= 0.3 is 36.9 Å². The van der Waals surface area contributed by atoms with Crippen LogP contribution >= 0.6 is 0 Å². The molecular formula is C22H39F7N6O9S4. The molecule has 0 aliphatic carbocycles. The van der Waals surface area contributed by atoms with Crippen molar-refractivity contribution in [3.63, 3.8) is 0 Å². The summed E-state index contributed by atoms with van der Waals surface area (Å²) in [7, 11) is -19.4. The molecule has 3 aromatic rings. The summed E-state index contributed by atoms with van der Waals surface area (Å²) in [6, 6.07) is 0. The molecule has 0 aliphatic heterocycles. The maximum atomic E-state index is 12.7. The maximum absolute atomic E-state index is 12.7. The van der Waals surface area contributed by atoms with Crippen LogP contribution in [0.25, 0.3) is 0 Å². The van der Waals surface area contributed by atoms with Crippen LogP contribution in [0.5, 0.6) is 0 Å². The number of aromatic nitrogens is 6. The number of halogens is 7. The summed E-state index contributed by atoms with van der Waals surface area (Å²) in [4.78, 5) is 10.8. The lowest BCUT2D eigenvalue weighted by atomic mass is 10.2. The van der Waals surface area contributed by atoms with Gasteiger partial charge in [-0.25, -0.2) is 26.9 Å². The fourth-order valence-corrected chi connectivity index (χ4v) is 4.24. The second-order valence-electron chi connectivity index (χ2n) is 9.25. The fourth-order valence-electron chi connectivity index (χ4n) is 2.80. The number of imidazole rings is 3. The summed E-state index contributed by atoms with van der Waals surface area (Å²) in [5, 5.41) is 0. The van der Waals surface area contributed by atoms with Gasteiger partial charge in [0.15, 0.2) is 10.1 Å². The van der Waals surface area contributed by atoms with Gasteiger partial charge in [0.1, 0.15) is 24.0 Å². The number of aromatic amines is 1. The lowest BCUT2D eigenvalue weighted by molar-refractivity contribution is -0.679. The van der Waals surface area contributed by atoms with Crippen LogP contribution in [0.1, 0.15) is 91.6 Å². The third kappa shape index (κ3) is 21.0. The summed E-state index contributed by atoms with van der Waals surface area (Å²) in [5.41, 5.74) is -5.65. The molecule has 3 heterocycles. The van der Waals surface area contributed by atoms with Crippen LogP contribution in [0, 0.1) is 0 Å². The molecule has 0 amide bonds. The SMILES string of the molecule is C.C.CC(C)c1n(S(=O)(=O)F)cc[n+]1C.CC(C)c1ncc[nH]1.CC(C)c1nccn1S(=O)(=O)F.O=S(=O)(F)F.O=S(=O)([O-])C(F)(F)F. The van der Waals surface area contributed by atoms with Crippen LogP contribution < -0.4 is 4.57 Å². The van der Waals surface area contributed by atoms with Gasteiger partial charge in [-0.2, -0.15) is 38.4 Å². The van der Waals surface area contributed by atoms with Gasteiger partial charge in [-0.15, -0.1) is 0 Å². The third-order valence-corrected chi connectivity index (χ3v) is 6.62. The first-order valence-electron chi connectivity index (χ1n) is 12.0. The molecule has 0 atom stereocenters. The van der Waals surface area contributed by atoms with E-state index in [0.717, 1.165) is 12.0 Å². The molecule has 0 radical (unpaired) electrons. The van der Waals surface area contributed by atoms with E-state index in [2.05, 4.69) is 28.8 Å². The summed E-state index contributed by atoms with van der Waals surface area (Å²) in [6.45, 7) is 11.3. The third-order valence-electron chi connectivity index (χ3n) is 4.50. The van der Waals surface area contributed by atoms with Gasteiger partial charge in [-0.3, -0.25) is 0 Å². The van der Waals surface area contributed by atoms with E-state index in [1.54, 1.807) is 45.5 Å². The van der Waals surface area contributed by atoms with Crippen molar-refractivity contribution in [3.8, 4) is 0 Å². The average Bonchev–Trinajstić information content (AvgIpc) is 3.57. The molecule has 0 fully saturated rings. The van der Waals surface area contributed by atoms with Gasteiger partial charge in [-0.05, 0) is 0 Å². The van der Waals surface area contributed by atoms with E-state index in [9.17, 15) is 45.5 Å². The number of hydrogen-bond donors (Lipinski definition) is 1. The first kappa shape index (κ1) is 51.7. The minimum absolute atomic E-state index is 0. The molecule has 0 aliphatic rings. The lowest BCUT2D eigenvalue weighted by Gasteiger charge is -2.08. The number of alkyl halides is 3. The van der Waals surface area contributed by atoms with E-state index in [-0.39, 0.29) is 32.5 Å². The van der Waals surface area contributed by atoms with Crippen LogP contribution in [-0.2, 0) is 48.6 Å². The Kier molecular flexibility index (Phi) is 22.0. The highest BCUT2D eigenvalue weighted by molar-refractivity contribution is 7.86. The molecule has 3 rings (SSSR count). The predicted molar refractivity (Wildman–Crippen MR) is 160 cm³/mol. The molecule has 26 heteroatoms. The molecule has 15 nitrogen and oxygen atoms in total.